The summed E-state index contributed by atoms with van der Waals surface area (Å²) in [4.78, 5) is 20.0. The lowest BCUT2D eigenvalue weighted by Crippen LogP contribution is -2.46. The third-order valence-electron chi connectivity index (χ3n) is 9.59. The number of rotatable bonds is 4. The number of carbonyl (C=O) groups is 1. The second-order valence-electron chi connectivity index (χ2n) is 14.7. The minimum atomic E-state index is -1.21. The molecular formula is C39H50N4O5. The van der Waals surface area contributed by atoms with Crippen LogP contribution in [0.5, 0.6) is 5.75 Å². The molecule has 2 atom stereocenters. The molecule has 5 heterocycles. The quantitative estimate of drug-likeness (QED) is 0.235. The fraction of sp³-hybridized carbons (Fsp3) is 0.513. The van der Waals surface area contributed by atoms with Crippen LogP contribution in [-0.2, 0) is 20.7 Å². The molecular weight excluding hydrogens is 604 g/mol. The Morgan fingerprint density at radius 3 is 2.56 bits per heavy atom. The van der Waals surface area contributed by atoms with E-state index >= 15 is 0 Å². The highest BCUT2D eigenvalue weighted by Crippen LogP contribution is 2.39. The monoisotopic (exact) mass is 654 g/mol. The number of piperidine rings is 1. The number of ether oxygens (including phenoxy) is 3. The number of nitrogens with zero attached hydrogens (tertiary/aromatic N) is 4. The Bertz CT molecular complexity index is 1780. The molecule has 2 aromatic heterocycles. The molecule has 3 aliphatic heterocycles. The summed E-state index contributed by atoms with van der Waals surface area (Å²) in [6, 6.07) is 16.9. The van der Waals surface area contributed by atoms with Gasteiger partial charge in [-0.2, -0.15) is 9.61 Å². The maximum atomic E-state index is 12.8. The van der Waals surface area contributed by atoms with E-state index in [0.29, 0.717) is 42.4 Å². The topological polar surface area (TPSA) is 98.4 Å². The molecule has 6 bridgehead atoms. The van der Waals surface area contributed by atoms with Crippen molar-refractivity contribution in [1.29, 1.82) is 0 Å². The second kappa shape index (κ2) is 13.5. The predicted octanol–water partition coefficient (Wildman–Crippen LogP) is 8.20. The van der Waals surface area contributed by atoms with E-state index in [1.54, 1.807) is 0 Å². The van der Waals surface area contributed by atoms with Gasteiger partial charge in [0.25, 0.3) is 0 Å². The number of benzene rings is 2. The highest BCUT2D eigenvalue weighted by molar-refractivity contribution is 5.80. The number of fused-ring (bicyclic) bond motifs is 8. The number of carboxylic acid groups (broad SMARTS) is 1. The molecule has 0 radical (unpaired) electrons. The van der Waals surface area contributed by atoms with Crippen molar-refractivity contribution in [1.82, 2.24) is 14.6 Å². The van der Waals surface area contributed by atoms with Gasteiger partial charge in [0.1, 0.15) is 11.6 Å². The van der Waals surface area contributed by atoms with Crippen LogP contribution in [0.15, 0.2) is 48.5 Å². The molecule has 4 aromatic rings. The van der Waals surface area contributed by atoms with E-state index in [-0.39, 0.29) is 11.7 Å². The number of anilines is 1. The maximum absolute atomic E-state index is 12.8. The van der Waals surface area contributed by atoms with Gasteiger partial charge in [0, 0.05) is 42.6 Å². The van der Waals surface area contributed by atoms with Gasteiger partial charge in [-0.25, -0.2) is 9.78 Å². The number of carboxylic acids is 1. The summed E-state index contributed by atoms with van der Waals surface area (Å²) >= 11 is 0. The second-order valence-corrected chi connectivity index (χ2v) is 14.7. The zero-order valence-electron chi connectivity index (χ0n) is 29.5. The Hall–Kier alpha value is -3.95. The van der Waals surface area contributed by atoms with Gasteiger partial charge in [-0.15, -0.1) is 0 Å². The summed E-state index contributed by atoms with van der Waals surface area (Å²) in [6.07, 6.45) is 4.32. The molecule has 1 N–H and O–H groups in total. The van der Waals surface area contributed by atoms with Gasteiger partial charge in [-0.05, 0) is 109 Å². The van der Waals surface area contributed by atoms with Gasteiger partial charge in [0.05, 0.1) is 28.6 Å². The minimum Gasteiger partial charge on any atom is -0.490 e. The Kier molecular flexibility index (Phi) is 9.55. The van der Waals surface area contributed by atoms with Crippen molar-refractivity contribution in [3.63, 3.8) is 0 Å². The Morgan fingerprint density at radius 2 is 1.85 bits per heavy atom. The predicted molar refractivity (Wildman–Crippen MR) is 189 cm³/mol. The average molecular weight is 655 g/mol. The molecule has 0 aliphatic carbocycles. The highest BCUT2D eigenvalue weighted by atomic mass is 16.5. The molecule has 3 aliphatic rings. The van der Waals surface area contributed by atoms with Crippen LogP contribution in [0.25, 0.3) is 28.0 Å². The Balaban J connectivity index is 1.54. The summed E-state index contributed by atoms with van der Waals surface area (Å²) in [7, 11) is 0. The first-order chi connectivity index (χ1) is 22.8. The molecule has 0 saturated carbocycles. The van der Waals surface area contributed by atoms with Crippen molar-refractivity contribution in [3.8, 4) is 28.1 Å². The SMILES string of the molecule is CCc1ccc2c(c1)-c1cccc(c1)-c1cc3nc(C)c(C(OC(C)(C)C)C(=O)O)c(n3n1)N1CCC(C)(CC1)OCCCCC(C)O2. The summed E-state index contributed by atoms with van der Waals surface area (Å²) in [5.74, 6) is 0.537. The van der Waals surface area contributed by atoms with E-state index in [2.05, 4.69) is 68.1 Å². The summed E-state index contributed by atoms with van der Waals surface area (Å²) in [6.45, 7) is 16.1. The molecule has 0 spiro atoms. The van der Waals surface area contributed by atoms with E-state index in [1.165, 1.54) is 5.56 Å². The van der Waals surface area contributed by atoms with Crippen molar-refractivity contribution in [2.24, 2.45) is 0 Å². The molecule has 7 rings (SSSR count). The molecule has 2 aromatic carbocycles. The fourth-order valence-corrected chi connectivity index (χ4v) is 6.89. The van der Waals surface area contributed by atoms with Crippen LogP contribution in [0.3, 0.4) is 0 Å². The Labute approximate surface area is 284 Å². The fourth-order valence-electron chi connectivity index (χ4n) is 6.89. The number of aryl methyl sites for hydroxylation is 2. The van der Waals surface area contributed by atoms with Crippen LogP contribution in [0.2, 0.25) is 0 Å². The van der Waals surface area contributed by atoms with Gasteiger partial charge < -0.3 is 24.2 Å². The normalized spacial score (nSPS) is 21.1. The molecule has 1 saturated heterocycles. The lowest BCUT2D eigenvalue weighted by Gasteiger charge is -2.41. The first-order valence-electron chi connectivity index (χ1n) is 17.4. The van der Waals surface area contributed by atoms with E-state index in [1.807, 2.05) is 38.3 Å². The van der Waals surface area contributed by atoms with E-state index in [4.69, 9.17) is 24.3 Å². The van der Waals surface area contributed by atoms with E-state index < -0.39 is 17.7 Å². The van der Waals surface area contributed by atoms with Crippen molar-refractivity contribution >= 4 is 17.4 Å². The number of hydrogen-bond acceptors (Lipinski definition) is 7. The summed E-state index contributed by atoms with van der Waals surface area (Å²) < 4.78 is 21.2. The zero-order valence-corrected chi connectivity index (χ0v) is 29.5. The minimum absolute atomic E-state index is 0.0705. The average Bonchev–Trinajstić information content (AvgIpc) is 3.46. The van der Waals surface area contributed by atoms with Crippen LogP contribution in [0, 0.1) is 6.92 Å². The van der Waals surface area contributed by atoms with Gasteiger partial charge in [0.2, 0.25) is 0 Å². The molecule has 1 fully saturated rings. The van der Waals surface area contributed by atoms with Gasteiger partial charge >= 0.3 is 5.97 Å². The van der Waals surface area contributed by atoms with Crippen molar-refractivity contribution in [3.05, 3.63) is 65.4 Å². The molecule has 9 heteroatoms. The third kappa shape index (κ3) is 7.22. The zero-order chi connectivity index (χ0) is 34.2. The highest BCUT2D eigenvalue weighted by Gasteiger charge is 2.38. The molecule has 2 unspecified atom stereocenters. The number of aromatic nitrogens is 3. The van der Waals surface area contributed by atoms with E-state index in [9.17, 15) is 9.90 Å². The largest absolute Gasteiger partial charge is 0.490 e. The van der Waals surface area contributed by atoms with Crippen LogP contribution in [0.1, 0.15) is 96.6 Å². The first kappa shape index (κ1) is 33.9. The number of aliphatic carboxylic acids is 1. The molecule has 48 heavy (non-hydrogen) atoms. The van der Waals surface area contributed by atoms with Crippen LogP contribution in [-0.4, -0.2) is 62.7 Å². The van der Waals surface area contributed by atoms with Crippen LogP contribution < -0.4 is 9.64 Å². The lowest BCUT2D eigenvalue weighted by atomic mass is 9.92. The van der Waals surface area contributed by atoms with Gasteiger partial charge in [0.15, 0.2) is 11.8 Å². The van der Waals surface area contributed by atoms with Crippen molar-refractivity contribution < 1.29 is 24.1 Å². The van der Waals surface area contributed by atoms with Gasteiger partial charge in [-0.1, -0.05) is 31.2 Å². The standard InChI is InChI=1S/C39H50N4O5/c1-8-27-15-16-32-30(22-27)28-13-11-14-29(23-28)31-24-33-40-26(3)34(35(37(44)45)48-38(4,5)6)36(43(33)41-31)42-19-17-39(7,18-20-42)46-21-10-9-12-25(2)47-32/h11,13-16,22-25,35H,8-10,12,17-21H2,1-7H3,(H,44,45). The van der Waals surface area contributed by atoms with Crippen molar-refractivity contribution in [2.45, 2.75) is 110 Å². The first-order valence-corrected chi connectivity index (χ1v) is 17.4. The summed E-state index contributed by atoms with van der Waals surface area (Å²) in [5, 5.41) is 15.6. The maximum Gasteiger partial charge on any atom is 0.337 e. The van der Waals surface area contributed by atoms with Crippen molar-refractivity contribution in [2.75, 3.05) is 24.6 Å². The summed E-state index contributed by atoms with van der Waals surface area (Å²) in [5.41, 5.74) is 5.91. The molecule has 256 valence electrons. The molecule has 9 nitrogen and oxygen atoms in total. The smallest absolute Gasteiger partial charge is 0.337 e. The van der Waals surface area contributed by atoms with Crippen LogP contribution >= 0.6 is 0 Å². The molecule has 0 amide bonds. The Morgan fingerprint density at radius 1 is 1.10 bits per heavy atom. The van der Waals surface area contributed by atoms with Crippen LogP contribution in [0.4, 0.5) is 5.82 Å². The van der Waals surface area contributed by atoms with Gasteiger partial charge in [-0.3, -0.25) is 0 Å². The lowest BCUT2D eigenvalue weighted by molar-refractivity contribution is -0.160. The number of hydrogen-bond donors (Lipinski definition) is 1. The van der Waals surface area contributed by atoms with E-state index in [0.717, 1.165) is 66.7 Å². The third-order valence-corrected chi connectivity index (χ3v) is 9.59.